The van der Waals surface area contributed by atoms with E-state index in [0.29, 0.717) is 41.1 Å². The Kier molecular flexibility index (Phi) is 7.47. The van der Waals surface area contributed by atoms with Crippen molar-refractivity contribution in [1.82, 2.24) is 9.88 Å². The van der Waals surface area contributed by atoms with Crippen LogP contribution in [0.3, 0.4) is 0 Å². The van der Waals surface area contributed by atoms with Crippen LogP contribution in [-0.2, 0) is 9.53 Å². The molecular formula is C27H30N4O6. The summed E-state index contributed by atoms with van der Waals surface area (Å²) in [5.41, 5.74) is 3.27. The first-order valence-electron chi connectivity index (χ1n) is 12.0. The molecule has 0 aliphatic carbocycles. The minimum Gasteiger partial charge on any atom is -0.465 e. The van der Waals surface area contributed by atoms with E-state index < -0.39 is 17.6 Å². The Morgan fingerprint density at radius 3 is 2.68 bits per heavy atom. The number of hydrogen-bond acceptors (Lipinski definition) is 7. The number of benzene rings is 2. The highest BCUT2D eigenvalue weighted by Gasteiger charge is 2.41. The number of fused-ring (bicyclic) bond motifs is 1. The number of rotatable bonds is 7. The van der Waals surface area contributed by atoms with Gasteiger partial charge in [-0.2, -0.15) is 5.26 Å². The Morgan fingerprint density at radius 2 is 2.03 bits per heavy atom. The summed E-state index contributed by atoms with van der Waals surface area (Å²) in [6.07, 6.45) is -0.428. The van der Waals surface area contributed by atoms with Gasteiger partial charge in [-0.25, -0.2) is 9.78 Å². The third kappa shape index (κ3) is 5.74. The molecule has 0 radical (unpaired) electrons. The van der Waals surface area contributed by atoms with Crippen molar-refractivity contribution < 1.29 is 29.0 Å². The van der Waals surface area contributed by atoms with Crippen LogP contribution in [0.5, 0.6) is 0 Å². The number of nitrogens with one attached hydrogen (secondary N) is 1. The van der Waals surface area contributed by atoms with Crippen LogP contribution in [0, 0.1) is 23.7 Å². The molecule has 2 atom stereocenters. The number of anilines is 1. The number of aliphatic hydroxyl groups is 1. The largest absolute Gasteiger partial charge is 0.465 e. The van der Waals surface area contributed by atoms with Gasteiger partial charge in [-0.15, -0.1) is 0 Å². The van der Waals surface area contributed by atoms with Crippen molar-refractivity contribution >= 4 is 28.8 Å². The van der Waals surface area contributed by atoms with Crippen LogP contribution in [0.2, 0.25) is 0 Å². The van der Waals surface area contributed by atoms with Crippen LogP contribution in [0.25, 0.3) is 22.6 Å². The zero-order chi connectivity index (χ0) is 26.7. The van der Waals surface area contributed by atoms with Crippen molar-refractivity contribution in [3.05, 3.63) is 47.5 Å². The standard InChI is InChI=1S/C27H30N4O6/c1-16-10-17(13-28)11-21-24(16)37-25(30-21)18-4-6-19(7-5-18)29-23(33)14-36-20-8-9-31(26(34)35)22(12-20)27(2,3)15-32/h4-7,10-11,20,22,32H,8-9,12,14-15H2,1-3H3,(H,29,33)(H,34,35). The zero-order valence-electron chi connectivity index (χ0n) is 21.0. The monoisotopic (exact) mass is 506 g/mol. The Hall–Kier alpha value is -3.94. The van der Waals surface area contributed by atoms with Crippen LogP contribution in [-0.4, -0.2) is 64.0 Å². The first-order chi connectivity index (χ1) is 17.6. The van der Waals surface area contributed by atoms with Gasteiger partial charge < -0.3 is 29.6 Å². The highest BCUT2D eigenvalue weighted by atomic mass is 16.5. The molecule has 0 saturated carbocycles. The Morgan fingerprint density at radius 1 is 1.30 bits per heavy atom. The number of aliphatic hydroxyl groups excluding tert-OH is 1. The Bertz CT molecular complexity index is 1340. The molecule has 2 unspecified atom stereocenters. The second-order valence-electron chi connectivity index (χ2n) is 9.99. The van der Waals surface area contributed by atoms with E-state index in [2.05, 4.69) is 16.4 Å². The van der Waals surface area contributed by atoms with Gasteiger partial charge in [-0.3, -0.25) is 4.79 Å². The molecule has 2 heterocycles. The average Bonchev–Trinajstić information content (AvgIpc) is 3.32. The van der Waals surface area contributed by atoms with E-state index in [1.807, 2.05) is 20.8 Å². The number of likely N-dealkylation sites (tertiary alicyclic amines) is 1. The van der Waals surface area contributed by atoms with Gasteiger partial charge in [0.1, 0.15) is 12.1 Å². The van der Waals surface area contributed by atoms with Gasteiger partial charge in [0.2, 0.25) is 11.8 Å². The molecule has 10 nitrogen and oxygen atoms in total. The normalized spacial score (nSPS) is 18.0. The van der Waals surface area contributed by atoms with Gasteiger partial charge in [-0.05, 0) is 61.7 Å². The SMILES string of the molecule is Cc1cc(C#N)cc2nc(-c3ccc(NC(=O)COC4CCN(C(=O)O)C(C(C)(C)CO)C4)cc3)oc12. The van der Waals surface area contributed by atoms with Gasteiger partial charge in [0.25, 0.3) is 0 Å². The summed E-state index contributed by atoms with van der Waals surface area (Å²) in [4.78, 5) is 30.0. The second kappa shape index (κ2) is 10.6. The number of aryl methyl sites for hydroxylation is 1. The van der Waals surface area contributed by atoms with Crippen LogP contribution in [0.1, 0.15) is 37.8 Å². The molecule has 0 bridgehead atoms. The van der Waals surface area contributed by atoms with Crippen molar-refractivity contribution in [3.63, 3.8) is 0 Å². The minimum absolute atomic E-state index is 0.158. The number of oxazole rings is 1. The lowest BCUT2D eigenvalue weighted by atomic mass is 9.79. The lowest BCUT2D eigenvalue weighted by Gasteiger charge is -2.45. The quantitative estimate of drug-likeness (QED) is 0.432. The van der Waals surface area contributed by atoms with Gasteiger partial charge in [0.05, 0.1) is 24.3 Å². The fourth-order valence-corrected chi connectivity index (χ4v) is 4.63. The molecule has 3 aromatic rings. The van der Waals surface area contributed by atoms with Gasteiger partial charge in [-0.1, -0.05) is 13.8 Å². The predicted octanol–water partition coefficient (Wildman–Crippen LogP) is 4.16. The molecule has 1 aliphatic heterocycles. The van der Waals surface area contributed by atoms with Gasteiger partial charge in [0.15, 0.2) is 5.58 Å². The van der Waals surface area contributed by atoms with Crippen LogP contribution < -0.4 is 5.32 Å². The average molecular weight is 507 g/mol. The van der Waals surface area contributed by atoms with Crippen molar-refractivity contribution in [3.8, 4) is 17.5 Å². The maximum absolute atomic E-state index is 12.5. The third-order valence-electron chi connectivity index (χ3n) is 6.78. The summed E-state index contributed by atoms with van der Waals surface area (Å²) >= 11 is 0. The zero-order valence-corrected chi connectivity index (χ0v) is 21.0. The number of hydrogen-bond donors (Lipinski definition) is 3. The summed E-state index contributed by atoms with van der Waals surface area (Å²) in [7, 11) is 0. The van der Waals surface area contributed by atoms with Gasteiger partial charge >= 0.3 is 6.09 Å². The molecule has 1 saturated heterocycles. The molecule has 1 fully saturated rings. The van der Waals surface area contributed by atoms with Crippen LogP contribution >= 0.6 is 0 Å². The molecule has 37 heavy (non-hydrogen) atoms. The maximum Gasteiger partial charge on any atom is 0.407 e. The molecule has 3 N–H and O–H groups in total. The fraction of sp³-hybridized carbons (Fsp3) is 0.407. The fourth-order valence-electron chi connectivity index (χ4n) is 4.63. The van der Waals surface area contributed by atoms with Crippen molar-refractivity contribution in [2.45, 2.75) is 45.8 Å². The number of nitriles is 1. The van der Waals surface area contributed by atoms with E-state index in [1.165, 1.54) is 4.90 Å². The molecule has 2 amide bonds. The second-order valence-corrected chi connectivity index (χ2v) is 9.99. The first kappa shape index (κ1) is 26.1. The molecule has 4 rings (SSSR count). The number of ether oxygens (including phenoxy) is 1. The van der Waals surface area contributed by atoms with Crippen LogP contribution in [0.15, 0.2) is 40.8 Å². The summed E-state index contributed by atoms with van der Waals surface area (Å²) < 4.78 is 11.7. The Balaban J connectivity index is 1.35. The molecule has 2 aromatic carbocycles. The van der Waals surface area contributed by atoms with Crippen molar-refractivity contribution in [1.29, 1.82) is 5.26 Å². The summed E-state index contributed by atoms with van der Waals surface area (Å²) in [5, 5.41) is 31.2. The number of aromatic nitrogens is 1. The summed E-state index contributed by atoms with van der Waals surface area (Å²) in [6, 6.07) is 12.2. The van der Waals surface area contributed by atoms with E-state index in [9.17, 15) is 19.8 Å². The van der Waals surface area contributed by atoms with Gasteiger partial charge in [0, 0.05) is 29.3 Å². The van der Waals surface area contributed by atoms with E-state index in [1.54, 1.807) is 36.4 Å². The lowest BCUT2D eigenvalue weighted by molar-refractivity contribution is -0.125. The van der Waals surface area contributed by atoms with E-state index in [0.717, 1.165) is 11.1 Å². The van der Waals surface area contributed by atoms with Crippen LogP contribution in [0.4, 0.5) is 10.5 Å². The summed E-state index contributed by atoms with van der Waals surface area (Å²) in [6.45, 7) is 5.45. The molecular weight excluding hydrogens is 476 g/mol. The lowest BCUT2D eigenvalue weighted by Crippen LogP contribution is -2.55. The van der Waals surface area contributed by atoms with Crippen molar-refractivity contribution in [2.75, 3.05) is 25.1 Å². The number of amides is 2. The molecule has 0 spiro atoms. The maximum atomic E-state index is 12.5. The first-order valence-corrected chi connectivity index (χ1v) is 12.0. The highest BCUT2D eigenvalue weighted by molar-refractivity contribution is 5.92. The number of carboxylic acid groups (broad SMARTS) is 1. The molecule has 1 aromatic heterocycles. The smallest absolute Gasteiger partial charge is 0.407 e. The topological polar surface area (TPSA) is 149 Å². The van der Waals surface area contributed by atoms with E-state index >= 15 is 0 Å². The highest BCUT2D eigenvalue weighted by Crippen LogP contribution is 2.33. The number of nitrogens with zero attached hydrogens (tertiary/aromatic N) is 3. The molecule has 1 aliphatic rings. The predicted molar refractivity (Wildman–Crippen MR) is 136 cm³/mol. The third-order valence-corrected chi connectivity index (χ3v) is 6.78. The van der Waals surface area contributed by atoms with Crippen molar-refractivity contribution in [2.24, 2.45) is 5.41 Å². The number of carbonyl (C=O) groups is 2. The number of carbonyl (C=O) groups excluding carboxylic acids is 1. The number of piperidine rings is 1. The van der Waals surface area contributed by atoms with E-state index in [4.69, 9.17) is 14.4 Å². The molecule has 194 valence electrons. The van der Waals surface area contributed by atoms with E-state index in [-0.39, 0.29) is 31.8 Å². The minimum atomic E-state index is -1.02. The molecule has 10 heteroatoms. The Labute approximate surface area is 214 Å². The summed E-state index contributed by atoms with van der Waals surface area (Å²) in [5.74, 6) is 0.0929.